The van der Waals surface area contributed by atoms with Crippen molar-refractivity contribution in [2.75, 3.05) is 13.1 Å². The maximum Gasteiger partial charge on any atom is 0.226 e. The highest BCUT2D eigenvalue weighted by atomic mass is 35.5. The molecule has 0 spiro atoms. The summed E-state index contributed by atoms with van der Waals surface area (Å²) >= 11 is 0. The number of benzene rings is 1. The molecule has 23 heavy (non-hydrogen) atoms. The van der Waals surface area contributed by atoms with E-state index in [1.54, 1.807) is 6.26 Å². The minimum atomic E-state index is 0. The topological polar surface area (TPSA) is 67.2 Å². The highest BCUT2D eigenvalue weighted by Crippen LogP contribution is 2.18. The van der Waals surface area contributed by atoms with Crippen molar-refractivity contribution < 1.29 is 9.21 Å². The molecule has 0 saturated carbocycles. The smallest absolute Gasteiger partial charge is 0.226 e. The number of carbonyl (C=O) groups is 1. The van der Waals surface area contributed by atoms with Gasteiger partial charge in [-0.05, 0) is 44.0 Å². The molecule has 1 aliphatic rings. The van der Waals surface area contributed by atoms with Crippen molar-refractivity contribution in [2.45, 2.75) is 25.8 Å². The summed E-state index contributed by atoms with van der Waals surface area (Å²) in [6, 6.07) is 9.73. The van der Waals surface area contributed by atoms with Crippen LogP contribution >= 0.6 is 12.4 Å². The van der Waals surface area contributed by atoms with Gasteiger partial charge in [0.1, 0.15) is 6.26 Å². The van der Waals surface area contributed by atoms with E-state index in [2.05, 4.69) is 15.6 Å². The lowest BCUT2D eigenvalue weighted by molar-refractivity contribution is -0.121. The maximum atomic E-state index is 11.9. The van der Waals surface area contributed by atoms with E-state index in [9.17, 15) is 4.79 Å². The van der Waals surface area contributed by atoms with E-state index in [4.69, 9.17) is 4.42 Å². The van der Waals surface area contributed by atoms with E-state index >= 15 is 0 Å². The van der Waals surface area contributed by atoms with Crippen LogP contribution in [0.4, 0.5) is 0 Å². The third-order valence-corrected chi connectivity index (χ3v) is 3.98. The molecule has 2 aromatic rings. The second-order valence-corrected chi connectivity index (χ2v) is 5.68. The monoisotopic (exact) mass is 335 g/mol. The van der Waals surface area contributed by atoms with Crippen LogP contribution in [0.1, 0.15) is 25.0 Å². The first-order chi connectivity index (χ1) is 10.8. The predicted octanol–water partition coefficient (Wildman–Crippen LogP) is 2.77. The Bertz CT molecular complexity index is 609. The fourth-order valence-electron chi connectivity index (χ4n) is 2.68. The van der Waals surface area contributed by atoms with Gasteiger partial charge in [-0.2, -0.15) is 0 Å². The molecular weight excluding hydrogens is 314 g/mol. The van der Waals surface area contributed by atoms with Crippen molar-refractivity contribution in [2.24, 2.45) is 5.92 Å². The average molecular weight is 336 g/mol. The number of hydrogen-bond acceptors (Lipinski definition) is 4. The molecule has 2 N–H and O–H groups in total. The van der Waals surface area contributed by atoms with Crippen molar-refractivity contribution in [1.82, 2.24) is 15.6 Å². The summed E-state index contributed by atoms with van der Waals surface area (Å²) in [7, 11) is 0. The van der Waals surface area contributed by atoms with Gasteiger partial charge in [-0.1, -0.05) is 18.2 Å². The van der Waals surface area contributed by atoms with Crippen LogP contribution in [0.2, 0.25) is 0 Å². The fourth-order valence-corrected chi connectivity index (χ4v) is 2.68. The number of hydrogen-bond donors (Lipinski definition) is 2. The standard InChI is InChI=1S/C17H21N3O2.ClH/c21-16(7-6-13-8-9-18-10-13)19-11-15-12-22-17(20-15)14-4-2-1-3-5-14;/h1-5,12-13,18H,6-11H2,(H,19,21);1H. The van der Waals surface area contributed by atoms with Crippen LogP contribution in [-0.2, 0) is 11.3 Å². The van der Waals surface area contributed by atoms with E-state index in [1.165, 1.54) is 6.42 Å². The Kier molecular flexibility index (Phi) is 6.62. The van der Waals surface area contributed by atoms with E-state index in [0.717, 1.165) is 30.8 Å². The zero-order chi connectivity index (χ0) is 15.2. The van der Waals surface area contributed by atoms with Gasteiger partial charge in [-0.15, -0.1) is 12.4 Å². The summed E-state index contributed by atoms with van der Waals surface area (Å²) < 4.78 is 5.45. The number of oxazole rings is 1. The Balaban J connectivity index is 0.00000192. The lowest BCUT2D eigenvalue weighted by Gasteiger charge is -2.07. The van der Waals surface area contributed by atoms with Crippen molar-refractivity contribution >= 4 is 18.3 Å². The second-order valence-electron chi connectivity index (χ2n) is 5.68. The molecule has 124 valence electrons. The fraction of sp³-hybridized carbons (Fsp3) is 0.412. The third kappa shape index (κ3) is 5.08. The first kappa shape index (κ1) is 17.5. The van der Waals surface area contributed by atoms with E-state index in [-0.39, 0.29) is 18.3 Å². The summed E-state index contributed by atoms with van der Waals surface area (Å²) in [5.41, 5.74) is 1.68. The van der Waals surface area contributed by atoms with Crippen LogP contribution in [0, 0.1) is 5.92 Å². The molecule has 6 heteroatoms. The third-order valence-electron chi connectivity index (χ3n) is 3.98. The second kappa shape index (κ2) is 8.70. The summed E-state index contributed by atoms with van der Waals surface area (Å²) in [6.07, 6.45) is 4.31. The molecule has 1 amide bonds. The van der Waals surface area contributed by atoms with Gasteiger partial charge in [0.25, 0.3) is 0 Å². The van der Waals surface area contributed by atoms with Crippen LogP contribution in [0.25, 0.3) is 11.5 Å². The van der Waals surface area contributed by atoms with Crippen LogP contribution in [0.15, 0.2) is 41.0 Å². The molecule has 3 rings (SSSR count). The van der Waals surface area contributed by atoms with Crippen LogP contribution in [0.3, 0.4) is 0 Å². The van der Waals surface area contributed by atoms with Gasteiger partial charge < -0.3 is 15.1 Å². The van der Waals surface area contributed by atoms with Crippen LogP contribution < -0.4 is 10.6 Å². The molecule has 1 fully saturated rings. The van der Waals surface area contributed by atoms with Crippen molar-refractivity contribution in [1.29, 1.82) is 0 Å². The molecule has 1 aliphatic heterocycles. The average Bonchev–Trinajstić information content (AvgIpc) is 3.23. The zero-order valence-electron chi connectivity index (χ0n) is 13.0. The maximum absolute atomic E-state index is 11.9. The van der Waals surface area contributed by atoms with Gasteiger partial charge in [0.2, 0.25) is 11.8 Å². The van der Waals surface area contributed by atoms with Gasteiger partial charge in [-0.3, -0.25) is 4.79 Å². The summed E-state index contributed by atoms with van der Waals surface area (Å²) in [6.45, 7) is 2.53. The number of nitrogens with zero attached hydrogens (tertiary/aromatic N) is 1. The molecule has 0 radical (unpaired) electrons. The molecule has 1 unspecified atom stereocenters. The minimum Gasteiger partial charge on any atom is -0.444 e. The minimum absolute atomic E-state index is 0. The summed E-state index contributed by atoms with van der Waals surface area (Å²) in [4.78, 5) is 16.3. The number of rotatable bonds is 6. The van der Waals surface area contributed by atoms with Crippen molar-refractivity contribution in [3.05, 3.63) is 42.3 Å². The SMILES string of the molecule is Cl.O=C(CCC1CCNC1)NCc1coc(-c2ccccc2)n1. The molecule has 0 aliphatic carbocycles. The molecule has 5 nitrogen and oxygen atoms in total. The summed E-state index contributed by atoms with van der Waals surface area (Å²) in [5, 5.41) is 6.22. The molecule has 1 aromatic carbocycles. The lowest BCUT2D eigenvalue weighted by atomic mass is 10.0. The Hall–Kier alpha value is -1.85. The first-order valence-electron chi connectivity index (χ1n) is 7.78. The quantitative estimate of drug-likeness (QED) is 0.851. The molecule has 1 saturated heterocycles. The van der Waals surface area contributed by atoms with Crippen molar-refractivity contribution in [3.8, 4) is 11.5 Å². The molecule has 1 atom stereocenters. The molecular formula is C17H22ClN3O2. The largest absolute Gasteiger partial charge is 0.444 e. The normalized spacial score (nSPS) is 16.8. The lowest BCUT2D eigenvalue weighted by Crippen LogP contribution is -2.23. The van der Waals surface area contributed by atoms with Gasteiger partial charge in [0.15, 0.2) is 0 Å². The number of aromatic nitrogens is 1. The molecule has 1 aromatic heterocycles. The number of amides is 1. The van der Waals surface area contributed by atoms with Crippen molar-refractivity contribution in [3.63, 3.8) is 0 Å². The van der Waals surface area contributed by atoms with Gasteiger partial charge in [0.05, 0.1) is 12.2 Å². The van der Waals surface area contributed by atoms with E-state index in [0.29, 0.717) is 24.8 Å². The number of carbonyl (C=O) groups excluding carboxylic acids is 1. The number of halogens is 1. The van der Waals surface area contributed by atoms with Gasteiger partial charge in [-0.25, -0.2) is 4.98 Å². The zero-order valence-corrected chi connectivity index (χ0v) is 13.8. The van der Waals surface area contributed by atoms with E-state index in [1.807, 2.05) is 30.3 Å². The highest BCUT2D eigenvalue weighted by Gasteiger charge is 2.15. The molecule has 0 bridgehead atoms. The van der Waals surface area contributed by atoms with Gasteiger partial charge >= 0.3 is 0 Å². The Labute approximate surface area is 142 Å². The Morgan fingerprint density at radius 2 is 2.17 bits per heavy atom. The highest BCUT2D eigenvalue weighted by molar-refractivity contribution is 5.85. The Morgan fingerprint density at radius 1 is 1.35 bits per heavy atom. The molecule has 2 heterocycles. The summed E-state index contributed by atoms with van der Waals surface area (Å²) in [5.74, 6) is 1.31. The number of nitrogens with one attached hydrogen (secondary N) is 2. The van der Waals surface area contributed by atoms with Gasteiger partial charge in [0, 0.05) is 12.0 Å². The van der Waals surface area contributed by atoms with E-state index < -0.39 is 0 Å². The predicted molar refractivity (Wildman–Crippen MR) is 91.2 cm³/mol. The van der Waals surface area contributed by atoms with Crippen LogP contribution in [0.5, 0.6) is 0 Å². The Morgan fingerprint density at radius 3 is 2.91 bits per heavy atom. The first-order valence-corrected chi connectivity index (χ1v) is 7.78. The van der Waals surface area contributed by atoms with Crippen LogP contribution in [-0.4, -0.2) is 24.0 Å².